The molecule has 1 amide bonds. The Morgan fingerprint density at radius 1 is 0.962 bits per heavy atom. The van der Waals surface area contributed by atoms with Crippen molar-refractivity contribution >= 4 is 27.7 Å². The first-order valence-electron chi connectivity index (χ1n) is 8.71. The second-order valence-corrected chi connectivity index (χ2v) is 6.97. The quantitative estimate of drug-likeness (QED) is 0.545. The van der Waals surface area contributed by atoms with E-state index in [0.717, 1.165) is 15.6 Å². The van der Waals surface area contributed by atoms with Gasteiger partial charge < -0.3 is 0 Å². The number of nitrogens with zero attached hydrogens (tertiary/aromatic N) is 2. The van der Waals surface area contributed by atoms with Crippen LogP contribution in [0.25, 0.3) is 0 Å². The molecular weight excluding hydrogens is 388 g/mol. The summed E-state index contributed by atoms with van der Waals surface area (Å²) < 4.78 is 0.899. The molecular formula is C22H21BrN2O. The van der Waals surface area contributed by atoms with Crippen molar-refractivity contribution in [3.05, 3.63) is 94.6 Å². The summed E-state index contributed by atoms with van der Waals surface area (Å²) in [6.45, 7) is 2.56. The zero-order chi connectivity index (χ0) is 18.4. The molecule has 0 spiro atoms. The van der Waals surface area contributed by atoms with Gasteiger partial charge in [0, 0.05) is 29.6 Å². The number of halogens is 1. The largest absolute Gasteiger partial charge is 0.297 e. The zero-order valence-electron chi connectivity index (χ0n) is 14.7. The van der Waals surface area contributed by atoms with Gasteiger partial charge in [-0.15, -0.1) is 0 Å². The molecule has 0 bridgehead atoms. The van der Waals surface area contributed by atoms with Crippen molar-refractivity contribution in [3.8, 4) is 0 Å². The van der Waals surface area contributed by atoms with E-state index in [1.54, 1.807) is 11.1 Å². The first-order valence-corrected chi connectivity index (χ1v) is 9.50. The molecule has 1 heterocycles. The average molecular weight is 409 g/mol. The van der Waals surface area contributed by atoms with Crippen molar-refractivity contribution in [2.24, 2.45) is 0 Å². The van der Waals surface area contributed by atoms with Crippen LogP contribution in [0.5, 0.6) is 0 Å². The second-order valence-electron chi connectivity index (χ2n) is 6.05. The first-order chi connectivity index (χ1) is 12.7. The van der Waals surface area contributed by atoms with Gasteiger partial charge in [0.2, 0.25) is 5.91 Å². The molecule has 0 aliphatic heterocycles. The van der Waals surface area contributed by atoms with E-state index in [0.29, 0.717) is 18.8 Å². The number of benzene rings is 2. The van der Waals surface area contributed by atoms with Crippen LogP contribution in [0.4, 0.5) is 5.82 Å². The number of hydrogen-bond acceptors (Lipinski definition) is 2. The lowest BCUT2D eigenvalue weighted by Crippen LogP contribution is -2.32. The third-order valence-electron chi connectivity index (χ3n) is 4.39. The van der Waals surface area contributed by atoms with Crippen LogP contribution in [-0.2, 0) is 4.79 Å². The molecule has 4 heteroatoms. The molecule has 3 rings (SSSR count). The molecule has 0 saturated heterocycles. The number of rotatable bonds is 6. The zero-order valence-corrected chi connectivity index (χ0v) is 16.3. The average Bonchev–Trinajstić information content (AvgIpc) is 2.69. The third kappa shape index (κ3) is 4.38. The number of pyridine rings is 1. The van der Waals surface area contributed by atoms with E-state index in [4.69, 9.17) is 0 Å². The Morgan fingerprint density at radius 3 is 2.00 bits per heavy atom. The minimum atomic E-state index is 0.0226. The Bertz CT molecular complexity index is 796. The lowest BCUT2D eigenvalue weighted by Gasteiger charge is -2.24. The van der Waals surface area contributed by atoms with E-state index in [9.17, 15) is 4.79 Å². The molecule has 3 aromatic rings. The van der Waals surface area contributed by atoms with Crippen molar-refractivity contribution in [3.63, 3.8) is 0 Å². The first kappa shape index (κ1) is 18.3. The minimum Gasteiger partial charge on any atom is -0.297 e. The Kier molecular flexibility index (Phi) is 6.18. The summed E-state index contributed by atoms with van der Waals surface area (Å²) in [6, 6.07) is 24.2. The lowest BCUT2D eigenvalue weighted by molar-refractivity contribution is -0.118. The lowest BCUT2D eigenvalue weighted by atomic mass is 9.88. The number of hydrogen-bond donors (Lipinski definition) is 0. The molecule has 0 radical (unpaired) electrons. The summed E-state index contributed by atoms with van der Waals surface area (Å²) in [5.41, 5.74) is 2.29. The maximum absolute atomic E-state index is 13.1. The fourth-order valence-corrected chi connectivity index (χ4v) is 3.31. The molecule has 132 valence electrons. The molecule has 0 atom stereocenters. The topological polar surface area (TPSA) is 33.2 Å². The van der Waals surface area contributed by atoms with Gasteiger partial charge in [-0.3, -0.25) is 9.69 Å². The van der Waals surface area contributed by atoms with E-state index in [1.807, 2.05) is 55.5 Å². The van der Waals surface area contributed by atoms with E-state index in [1.165, 1.54) is 0 Å². The van der Waals surface area contributed by atoms with Gasteiger partial charge >= 0.3 is 0 Å². The number of aromatic nitrogens is 1. The van der Waals surface area contributed by atoms with Crippen LogP contribution in [-0.4, -0.2) is 17.4 Å². The molecule has 0 fully saturated rings. The molecule has 0 unspecified atom stereocenters. The van der Waals surface area contributed by atoms with Crippen molar-refractivity contribution in [1.82, 2.24) is 4.98 Å². The molecule has 26 heavy (non-hydrogen) atoms. The van der Waals surface area contributed by atoms with Crippen LogP contribution in [0, 0.1) is 0 Å². The highest BCUT2D eigenvalue weighted by atomic mass is 79.9. The van der Waals surface area contributed by atoms with Gasteiger partial charge in [-0.25, -0.2) is 4.98 Å². The molecule has 0 N–H and O–H groups in total. The predicted molar refractivity (Wildman–Crippen MR) is 109 cm³/mol. The second kappa shape index (κ2) is 8.77. The summed E-state index contributed by atoms with van der Waals surface area (Å²) in [5, 5.41) is 0. The standard InChI is InChI=1S/C22H21BrN2O/c1-2-25(21-14-13-19(23)16-24-21)22(26)15-20(17-9-5-3-6-10-17)18-11-7-4-8-12-18/h3-14,16,20H,2,15H2,1H3. The molecule has 0 saturated carbocycles. The van der Waals surface area contributed by atoms with E-state index >= 15 is 0 Å². The Balaban J connectivity index is 1.88. The van der Waals surface area contributed by atoms with Gasteiger partial charge in [0.1, 0.15) is 5.82 Å². The van der Waals surface area contributed by atoms with Crippen LogP contribution >= 0.6 is 15.9 Å². The molecule has 0 aliphatic carbocycles. The maximum Gasteiger partial charge on any atom is 0.229 e. The highest BCUT2D eigenvalue weighted by molar-refractivity contribution is 9.10. The van der Waals surface area contributed by atoms with Gasteiger partial charge in [-0.1, -0.05) is 60.7 Å². The van der Waals surface area contributed by atoms with Crippen LogP contribution in [0.3, 0.4) is 0 Å². The van der Waals surface area contributed by atoms with Gasteiger partial charge in [0.15, 0.2) is 0 Å². The molecule has 1 aromatic heterocycles. The van der Waals surface area contributed by atoms with E-state index < -0.39 is 0 Å². The number of anilines is 1. The smallest absolute Gasteiger partial charge is 0.229 e. The number of carbonyl (C=O) groups is 1. The maximum atomic E-state index is 13.1. The number of amides is 1. The van der Waals surface area contributed by atoms with Gasteiger partial charge in [0.05, 0.1) is 0 Å². The summed E-state index contributed by atoms with van der Waals surface area (Å²) >= 11 is 3.39. The third-order valence-corrected chi connectivity index (χ3v) is 4.86. The summed E-state index contributed by atoms with van der Waals surface area (Å²) in [6.07, 6.45) is 2.12. The van der Waals surface area contributed by atoms with E-state index in [2.05, 4.69) is 45.2 Å². The van der Waals surface area contributed by atoms with Crippen molar-refractivity contribution < 1.29 is 4.79 Å². The monoisotopic (exact) mass is 408 g/mol. The molecule has 2 aromatic carbocycles. The van der Waals surface area contributed by atoms with Crippen LogP contribution in [0.2, 0.25) is 0 Å². The number of carbonyl (C=O) groups excluding carboxylic acids is 1. The predicted octanol–water partition coefficient (Wildman–Crippen LogP) is 5.42. The van der Waals surface area contributed by atoms with Gasteiger partial charge in [0.25, 0.3) is 0 Å². The highest BCUT2D eigenvalue weighted by Crippen LogP contribution is 2.29. The summed E-state index contributed by atoms with van der Waals surface area (Å²) in [7, 11) is 0. The van der Waals surface area contributed by atoms with Crippen molar-refractivity contribution in [2.75, 3.05) is 11.4 Å². The van der Waals surface area contributed by atoms with E-state index in [-0.39, 0.29) is 11.8 Å². The van der Waals surface area contributed by atoms with Crippen LogP contribution in [0.1, 0.15) is 30.4 Å². The Morgan fingerprint density at radius 2 is 1.54 bits per heavy atom. The molecule has 0 aliphatic rings. The highest BCUT2D eigenvalue weighted by Gasteiger charge is 2.22. The van der Waals surface area contributed by atoms with Crippen LogP contribution < -0.4 is 4.90 Å². The van der Waals surface area contributed by atoms with Crippen molar-refractivity contribution in [1.29, 1.82) is 0 Å². The Hall–Kier alpha value is -2.46. The molecule has 3 nitrogen and oxygen atoms in total. The minimum absolute atomic E-state index is 0.0226. The summed E-state index contributed by atoms with van der Waals surface area (Å²) in [4.78, 5) is 19.2. The fraction of sp³-hybridized carbons (Fsp3) is 0.182. The SMILES string of the molecule is CCN(C(=O)CC(c1ccccc1)c1ccccc1)c1ccc(Br)cn1. The van der Waals surface area contributed by atoms with Gasteiger partial charge in [-0.05, 0) is 46.1 Å². The van der Waals surface area contributed by atoms with Crippen molar-refractivity contribution in [2.45, 2.75) is 19.3 Å². The Labute approximate surface area is 162 Å². The normalized spacial score (nSPS) is 10.7. The fourth-order valence-electron chi connectivity index (χ4n) is 3.08. The van der Waals surface area contributed by atoms with Crippen LogP contribution in [0.15, 0.2) is 83.5 Å². The van der Waals surface area contributed by atoms with Gasteiger partial charge in [-0.2, -0.15) is 0 Å². The summed E-state index contributed by atoms with van der Waals surface area (Å²) in [5.74, 6) is 0.773.